The smallest absolute Gasteiger partial charge is 0.135 e. The Balaban J connectivity index is 1.95. The van der Waals surface area contributed by atoms with Crippen LogP contribution in [0.25, 0.3) is 0 Å². The quantitative estimate of drug-likeness (QED) is 0.848. The number of rotatable bonds is 3. The molecule has 0 radical (unpaired) electrons. The molecule has 1 saturated carbocycles. The van der Waals surface area contributed by atoms with Gasteiger partial charge in [-0.05, 0) is 43.6 Å². The van der Waals surface area contributed by atoms with E-state index >= 15 is 0 Å². The molecule has 0 N–H and O–H groups in total. The molecule has 3 rings (SSSR count). The highest BCUT2D eigenvalue weighted by Crippen LogP contribution is 2.46. The van der Waals surface area contributed by atoms with E-state index in [-0.39, 0.29) is 5.41 Å². The number of carbonyl (C=O) groups is 1. The summed E-state index contributed by atoms with van der Waals surface area (Å²) in [5, 5.41) is 0. The van der Waals surface area contributed by atoms with E-state index in [4.69, 9.17) is 4.74 Å². The van der Waals surface area contributed by atoms with Crippen molar-refractivity contribution in [3.8, 4) is 5.75 Å². The summed E-state index contributed by atoms with van der Waals surface area (Å²) in [5.74, 6) is 1.31. The predicted octanol–water partition coefficient (Wildman–Crippen LogP) is 2.78. The van der Waals surface area contributed by atoms with Crippen LogP contribution in [-0.2, 0) is 10.2 Å². The summed E-state index contributed by atoms with van der Waals surface area (Å²) in [5.41, 5.74) is 1.32. The minimum atomic E-state index is 0.0419. The summed E-state index contributed by atoms with van der Waals surface area (Å²) >= 11 is 0. The molecule has 1 aromatic rings. The van der Waals surface area contributed by atoms with Crippen LogP contribution in [0.1, 0.15) is 38.2 Å². The minimum absolute atomic E-state index is 0.0419. The van der Waals surface area contributed by atoms with E-state index in [0.29, 0.717) is 18.2 Å². The van der Waals surface area contributed by atoms with Gasteiger partial charge >= 0.3 is 0 Å². The van der Waals surface area contributed by atoms with E-state index in [1.165, 1.54) is 5.56 Å². The second kappa shape index (κ2) is 5.21. The number of carbonyl (C=O) groups excluding carboxylic acids is 1. The molecule has 3 heteroatoms. The van der Waals surface area contributed by atoms with Crippen LogP contribution in [0.15, 0.2) is 24.3 Å². The molecule has 2 atom stereocenters. The molecule has 1 aliphatic carbocycles. The molecule has 0 spiro atoms. The van der Waals surface area contributed by atoms with Crippen LogP contribution >= 0.6 is 0 Å². The van der Waals surface area contributed by atoms with Gasteiger partial charge in [-0.1, -0.05) is 19.1 Å². The first-order valence-electron chi connectivity index (χ1n) is 7.57. The molecular weight excluding hydrogens is 250 g/mol. The van der Waals surface area contributed by atoms with Crippen molar-refractivity contribution in [3.05, 3.63) is 29.8 Å². The van der Waals surface area contributed by atoms with Gasteiger partial charge in [-0.15, -0.1) is 0 Å². The number of ketones is 1. The van der Waals surface area contributed by atoms with Crippen LogP contribution in [0, 0.1) is 0 Å². The minimum Gasteiger partial charge on any atom is -0.497 e. The number of ether oxygens (including phenoxy) is 1. The van der Waals surface area contributed by atoms with Gasteiger partial charge in [0.1, 0.15) is 11.5 Å². The first kappa shape index (κ1) is 13.6. The van der Waals surface area contributed by atoms with Crippen LogP contribution in [-0.4, -0.2) is 36.9 Å². The van der Waals surface area contributed by atoms with Crippen molar-refractivity contribution in [3.63, 3.8) is 0 Å². The number of Topliss-reactive ketones (excluding diaryl/α,β-unsaturated/α-hetero) is 1. The van der Waals surface area contributed by atoms with E-state index in [1.54, 1.807) is 7.11 Å². The van der Waals surface area contributed by atoms with Crippen LogP contribution in [0.4, 0.5) is 0 Å². The molecule has 20 heavy (non-hydrogen) atoms. The zero-order chi connectivity index (χ0) is 14.2. The van der Waals surface area contributed by atoms with Crippen LogP contribution < -0.4 is 4.74 Å². The number of nitrogens with zero attached hydrogens (tertiary/aromatic N) is 1. The normalized spacial score (nSPS) is 30.3. The predicted molar refractivity (Wildman–Crippen MR) is 79.2 cm³/mol. The van der Waals surface area contributed by atoms with E-state index in [0.717, 1.165) is 38.1 Å². The largest absolute Gasteiger partial charge is 0.497 e. The van der Waals surface area contributed by atoms with Gasteiger partial charge in [0.25, 0.3) is 0 Å². The van der Waals surface area contributed by atoms with Crippen molar-refractivity contribution in [2.24, 2.45) is 0 Å². The third kappa shape index (κ3) is 2.24. The molecule has 1 aliphatic heterocycles. The SMILES string of the molecule is CCN1CCC2(c3cccc(OC)c3)CC(=O)CC1C2. The Morgan fingerprint density at radius 1 is 1.45 bits per heavy atom. The number of hydrogen-bond donors (Lipinski definition) is 0. The standard InChI is InChI=1S/C17H23NO2/c1-3-18-8-7-17(11-14(18)10-15(19)12-17)13-5-4-6-16(9-13)20-2/h4-6,9,14H,3,7-8,10-12H2,1-2H3. The van der Waals surface area contributed by atoms with Gasteiger partial charge in [0.05, 0.1) is 7.11 Å². The molecule has 2 fully saturated rings. The fourth-order valence-corrected chi connectivity index (χ4v) is 4.03. The third-order valence-corrected chi connectivity index (χ3v) is 5.11. The van der Waals surface area contributed by atoms with E-state index in [9.17, 15) is 4.79 Å². The number of methoxy groups -OCH3 is 1. The van der Waals surface area contributed by atoms with Crippen molar-refractivity contribution in [2.75, 3.05) is 20.2 Å². The van der Waals surface area contributed by atoms with Crippen molar-refractivity contribution < 1.29 is 9.53 Å². The molecule has 2 aliphatic rings. The van der Waals surface area contributed by atoms with Crippen LogP contribution in [0.2, 0.25) is 0 Å². The second-order valence-corrected chi connectivity index (χ2v) is 6.17. The maximum absolute atomic E-state index is 12.2. The van der Waals surface area contributed by atoms with Crippen molar-refractivity contribution in [2.45, 2.75) is 44.1 Å². The number of piperidine rings is 1. The second-order valence-electron chi connectivity index (χ2n) is 6.17. The monoisotopic (exact) mass is 273 g/mol. The Hall–Kier alpha value is -1.35. The Bertz CT molecular complexity index is 513. The summed E-state index contributed by atoms with van der Waals surface area (Å²) in [6, 6.07) is 8.74. The first-order valence-corrected chi connectivity index (χ1v) is 7.57. The average molecular weight is 273 g/mol. The lowest BCUT2D eigenvalue weighted by Crippen LogP contribution is -2.53. The lowest BCUT2D eigenvalue weighted by molar-refractivity contribution is -0.126. The molecule has 1 saturated heterocycles. The maximum atomic E-state index is 12.2. The highest BCUT2D eigenvalue weighted by Gasteiger charge is 2.46. The first-order chi connectivity index (χ1) is 9.66. The Labute approximate surface area is 120 Å². The fourth-order valence-electron chi connectivity index (χ4n) is 4.03. The van der Waals surface area contributed by atoms with Gasteiger partial charge in [-0.25, -0.2) is 0 Å². The van der Waals surface area contributed by atoms with Gasteiger partial charge in [0.15, 0.2) is 0 Å². The van der Waals surface area contributed by atoms with Gasteiger partial charge < -0.3 is 9.64 Å². The highest BCUT2D eigenvalue weighted by atomic mass is 16.5. The average Bonchev–Trinajstić information content (AvgIpc) is 2.47. The molecule has 1 heterocycles. The number of benzene rings is 1. The molecular formula is C17H23NO2. The zero-order valence-electron chi connectivity index (χ0n) is 12.4. The molecule has 0 amide bonds. The lowest BCUT2D eigenvalue weighted by Gasteiger charge is -2.50. The molecule has 1 aromatic carbocycles. The Kier molecular flexibility index (Phi) is 3.55. The van der Waals surface area contributed by atoms with Crippen molar-refractivity contribution in [1.29, 1.82) is 0 Å². The summed E-state index contributed by atoms with van der Waals surface area (Å²) < 4.78 is 5.35. The molecule has 2 unspecified atom stereocenters. The van der Waals surface area contributed by atoms with Gasteiger partial charge in [0.2, 0.25) is 0 Å². The topological polar surface area (TPSA) is 29.5 Å². The molecule has 3 nitrogen and oxygen atoms in total. The van der Waals surface area contributed by atoms with Crippen LogP contribution in [0.5, 0.6) is 5.75 Å². The maximum Gasteiger partial charge on any atom is 0.135 e. The molecule has 108 valence electrons. The van der Waals surface area contributed by atoms with E-state index in [1.807, 2.05) is 12.1 Å². The molecule has 0 aromatic heterocycles. The zero-order valence-corrected chi connectivity index (χ0v) is 12.4. The van der Waals surface area contributed by atoms with E-state index < -0.39 is 0 Å². The number of fused-ring (bicyclic) bond motifs is 2. The summed E-state index contributed by atoms with van der Waals surface area (Å²) in [7, 11) is 1.70. The van der Waals surface area contributed by atoms with Gasteiger partial charge in [0, 0.05) is 24.3 Å². The fraction of sp³-hybridized carbons (Fsp3) is 0.588. The summed E-state index contributed by atoms with van der Waals surface area (Å²) in [6.07, 6.45) is 3.63. The Morgan fingerprint density at radius 2 is 2.30 bits per heavy atom. The lowest BCUT2D eigenvalue weighted by atomic mass is 9.63. The summed E-state index contributed by atoms with van der Waals surface area (Å²) in [4.78, 5) is 14.7. The number of likely N-dealkylation sites (tertiary alicyclic amines) is 1. The van der Waals surface area contributed by atoms with Gasteiger partial charge in [-0.2, -0.15) is 0 Å². The summed E-state index contributed by atoms with van der Waals surface area (Å²) in [6.45, 7) is 4.34. The highest BCUT2D eigenvalue weighted by molar-refractivity contribution is 5.82. The number of hydrogen-bond acceptors (Lipinski definition) is 3. The van der Waals surface area contributed by atoms with Crippen molar-refractivity contribution >= 4 is 5.78 Å². The third-order valence-electron chi connectivity index (χ3n) is 5.11. The van der Waals surface area contributed by atoms with Crippen molar-refractivity contribution in [1.82, 2.24) is 4.90 Å². The van der Waals surface area contributed by atoms with E-state index in [2.05, 4.69) is 24.0 Å². The van der Waals surface area contributed by atoms with Crippen LogP contribution in [0.3, 0.4) is 0 Å². The molecule has 2 bridgehead atoms. The Morgan fingerprint density at radius 3 is 3.05 bits per heavy atom. The van der Waals surface area contributed by atoms with Gasteiger partial charge in [-0.3, -0.25) is 4.79 Å².